The first-order valence-corrected chi connectivity index (χ1v) is 8.93. The Bertz CT molecular complexity index is 598. The van der Waals surface area contributed by atoms with Gasteiger partial charge in [-0.3, -0.25) is 9.59 Å². The zero-order valence-corrected chi connectivity index (χ0v) is 13.4. The minimum atomic E-state index is -3.64. The van der Waals surface area contributed by atoms with E-state index in [1.807, 2.05) is 0 Å². The van der Waals surface area contributed by atoms with Crippen LogP contribution in [0.2, 0.25) is 0 Å². The largest absolute Gasteiger partial charge is 0.455 e. The quantitative estimate of drug-likeness (QED) is 0.723. The molecule has 3 fully saturated rings. The fourth-order valence-electron chi connectivity index (χ4n) is 4.90. The van der Waals surface area contributed by atoms with E-state index in [0.29, 0.717) is 5.92 Å². The van der Waals surface area contributed by atoms with Crippen LogP contribution in [-0.2, 0) is 24.3 Å². The maximum absolute atomic E-state index is 12.6. The van der Waals surface area contributed by atoms with Crippen molar-refractivity contribution in [1.29, 1.82) is 0 Å². The van der Waals surface area contributed by atoms with Crippen LogP contribution in [0.1, 0.15) is 40.0 Å². The van der Waals surface area contributed by atoms with Gasteiger partial charge in [0.25, 0.3) is 12.4 Å². The molecule has 4 atom stereocenters. The van der Waals surface area contributed by atoms with Crippen molar-refractivity contribution in [3.05, 3.63) is 0 Å². The number of hydrogen-bond donors (Lipinski definition) is 0. The van der Waals surface area contributed by atoms with Gasteiger partial charge in [0.2, 0.25) is 10.0 Å². The van der Waals surface area contributed by atoms with Crippen molar-refractivity contribution >= 4 is 22.4 Å². The summed E-state index contributed by atoms with van der Waals surface area (Å²) in [6.45, 7) is 5.85. The molecule has 1 aliphatic heterocycles. The summed E-state index contributed by atoms with van der Waals surface area (Å²) in [4.78, 5) is 22.9. The van der Waals surface area contributed by atoms with Crippen LogP contribution in [0.3, 0.4) is 0 Å². The van der Waals surface area contributed by atoms with Crippen molar-refractivity contribution in [2.75, 3.05) is 5.75 Å². The number of carbonyl (C=O) groups excluding carboxylic acids is 2. The van der Waals surface area contributed by atoms with Gasteiger partial charge in [0.05, 0.1) is 11.8 Å². The van der Waals surface area contributed by atoms with E-state index in [2.05, 4.69) is 18.6 Å². The van der Waals surface area contributed by atoms with Gasteiger partial charge in [0, 0.05) is 5.41 Å². The van der Waals surface area contributed by atoms with Crippen molar-refractivity contribution in [2.24, 2.45) is 16.7 Å². The number of carbonyl (C=O) groups is 2. The van der Waals surface area contributed by atoms with Gasteiger partial charge in [-0.15, -0.1) is 0 Å². The first-order valence-electron chi connectivity index (χ1n) is 7.32. The van der Waals surface area contributed by atoms with Gasteiger partial charge in [-0.25, -0.2) is 12.7 Å². The Morgan fingerprint density at radius 3 is 2.67 bits per heavy atom. The van der Waals surface area contributed by atoms with Crippen molar-refractivity contribution in [3.8, 4) is 0 Å². The Labute approximate surface area is 124 Å². The SMILES string of the molecule is C[C@H](OC=O)C(=O)N1[C@@H]2C[C@H]3CC[C@]2(CS1(=O)=O)C3(C)C. The predicted octanol–water partition coefficient (Wildman–Crippen LogP) is 0.915. The highest BCUT2D eigenvalue weighted by molar-refractivity contribution is 7.90. The molecule has 0 N–H and O–H groups in total. The molecule has 0 aromatic carbocycles. The number of amides is 1. The maximum Gasteiger partial charge on any atom is 0.293 e. The van der Waals surface area contributed by atoms with E-state index in [1.54, 1.807) is 0 Å². The minimum Gasteiger partial charge on any atom is -0.455 e. The first-order chi connectivity index (χ1) is 9.67. The molecule has 2 aliphatic carbocycles. The third-order valence-corrected chi connectivity index (χ3v) is 8.15. The number of nitrogens with zero attached hydrogens (tertiary/aromatic N) is 1. The molecule has 1 saturated heterocycles. The average Bonchev–Trinajstić information content (AvgIpc) is 2.85. The molecule has 7 heteroatoms. The lowest BCUT2D eigenvalue weighted by molar-refractivity contribution is -0.148. The Hall–Kier alpha value is -1.11. The van der Waals surface area contributed by atoms with E-state index in [4.69, 9.17) is 0 Å². The standard InChI is InChI=1S/C14H21NO5S/c1-9(20-8-16)12(17)15-11-6-10-4-5-14(11,13(10,2)3)7-21(15,18)19/h8-11H,4-7H2,1-3H3/t9-,10+,11+,14+/m0/s1. The second kappa shape index (κ2) is 4.21. The summed E-state index contributed by atoms with van der Waals surface area (Å²) < 4.78 is 30.8. The molecule has 3 rings (SSSR count). The van der Waals surface area contributed by atoms with Crippen LogP contribution in [-0.4, -0.2) is 43.0 Å². The molecule has 0 radical (unpaired) electrons. The third kappa shape index (κ3) is 1.67. The Balaban J connectivity index is 2.00. The molecule has 118 valence electrons. The van der Waals surface area contributed by atoms with E-state index >= 15 is 0 Å². The lowest BCUT2D eigenvalue weighted by Crippen LogP contribution is -2.47. The highest BCUT2D eigenvalue weighted by Crippen LogP contribution is 2.69. The van der Waals surface area contributed by atoms with Crippen LogP contribution in [0, 0.1) is 16.7 Å². The van der Waals surface area contributed by atoms with Crippen LogP contribution >= 0.6 is 0 Å². The summed E-state index contributed by atoms with van der Waals surface area (Å²) in [7, 11) is -3.64. The molecule has 0 unspecified atom stereocenters. The van der Waals surface area contributed by atoms with Gasteiger partial charge in [-0.2, -0.15) is 0 Å². The number of hydrogen-bond acceptors (Lipinski definition) is 5. The Morgan fingerprint density at radius 2 is 2.10 bits per heavy atom. The summed E-state index contributed by atoms with van der Waals surface area (Å²) in [6.07, 6.45) is 1.55. The van der Waals surface area contributed by atoms with Gasteiger partial charge in [0.1, 0.15) is 0 Å². The van der Waals surface area contributed by atoms with Crippen LogP contribution in [0.5, 0.6) is 0 Å². The molecule has 6 nitrogen and oxygen atoms in total. The van der Waals surface area contributed by atoms with Gasteiger partial charge in [-0.05, 0) is 37.5 Å². The molecule has 0 aromatic heterocycles. The van der Waals surface area contributed by atoms with Crippen LogP contribution in [0.4, 0.5) is 0 Å². The topological polar surface area (TPSA) is 80.8 Å². The minimum absolute atomic E-state index is 0.0354. The van der Waals surface area contributed by atoms with Crippen LogP contribution in [0.25, 0.3) is 0 Å². The molecule has 3 aliphatic rings. The number of ether oxygens (including phenoxy) is 1. The Morgan fingerprint density at radius 1 is 1.43 bits per heavy atom. The fraction of sp³-hybridized carbons (Fsp3) is 0.857. The summed E-state index contributed by atoms with van der Waals surface area (Å²) in [5, 5.41) is 0. The second-order valence-electron chi connectivity index (χ2n) is 7.13. The third-order valence-electron chi connectivity index (χ3n) is 6.24. The summed E-state index contributed by atoms with van der Waals surface area (Å²) in [5.41, 5.74) is -0.415. The summed E-state index contributed by atoms with van der Waals surface area (Å²) >= 11 is 0. The van der Waals surface area contributed by atoms with E-state index in [-0.39, 0.29) is 29.1 Å². The lowest BCUT2D eigenvalue weighted by atomic mass is 9.69. The zero-order valence-electron chi connectivity index (χ0n) is 12.5. The molecule has 1 heterocycles. The predicted molar refractivity (Wildman–Crippen MR) is 74.6 cm³/mol. The summed E-state index contributed by atoms with van der Waals surface area (Å²) in [5.74, 6) is -0.129. The Kier molecular flexibility index (Phi) is 2.97. The van der Waals surface area contributed by atoms with Crippen molar-refractivity contribution in [1.82, 2.24) is 4.31 Å². The van der Waals surface area contributed by atoms with Gasteiger partial charge in [-0.1, -0.05) is 13.8 Å². The normalized spacial score (nSPS) is 39.9. The zero-order chi connectivity index (χ0) is 15.6. The van der Waals surface area contributed by atoms with Gasteiger partial charge < -0.3 is 4.74 Å². The monoisotopic (exact) mass is 315 g/mol. The molecule has 0 aromatic rings. The molecule has 2 saturated carbocycles. The van der Waals surface area contributed by atoms with E-state index in [0.717, 1.165) is 23.6 Å². The lowest BCUT2D eigenvalue weighted by Gasteiger charge is -2.37. The van der Waals surface area contributed by atoms with Crippen molar-refractivity contribution in [2.45, 2.75) is 52.2 Å². The van der Waals surface area contributed by atoms with E-state index < -0.39 is 22.0 Å². The molecular formula is C14H21NO5S. The smallest absolute Gasteiger partial charge is 0.293 e. The molecule has 1 spiro atoms. The number of fused-ring (bicyclic) bond motifs is 1. The average molecular weight is 315 g/mol. The molecule has 1 amide bonds. The molecular weight excluding hydrogens is 294 g/mol. The fourth-order valence-corrected chi connectivity index (χ4v) is 7.50. The van der Waals surface area contributed by atoms with Crippen molar-refractivity contribution < 1.29 is 22.7 Å². The van der Waals surface area contributed by atoms with Crippen LogP contribution < -0.4 is 0 Å². The van der Waals surface area contributed by atoms with Crippen molar-refractivity contribution in [3.63, 3.8) is 0 Å². The summed E-state index contributed by atoms with van der Waals surface area (Å²) in [6, 6.07) is -0.276. The number of sulfonamides is 1. The molecule has 2 bridgehead atoms. The van der Waals surface area contributed by atoms with E-state index in [1.165, 1.54) is 6.92 Å². The van der Waals surface area contributed by atoms with Gasteiger partial charge >= 0.3 is 0 Å². The highest BCUT2D eigenvalue weighted by atomic mass is 32.2. The first kappa shape index (κ1) is 14.8. The van der Waals surface area contributed by atoms with Crippen LogP contribution in [0.15, 0.2) is 0 Å². The van der Waals surface area contributed by atoms with Gasteiger partial charge in [0.15, 0.2) is 6.10 Å². The number of rotatable bonds is 3. The highest BCUT2D eigenvalue weighted by Gasteiger charge is 2.72. The maximum atomic E-state index is 12.6. The van der Waals surface area contributed by atoms with E-state index in [9.17, 15) is 18.0 Å². The molecule has 21 heavy (non-hydrogen) atoms. The second-order valence-corrected chi connectivity index (χ2v) is 8.98.